The van der Waals surface area contributed by atoms with Crippen molar-refractivity contribution in [3.05, 3.63) is 75.5 Å². The van der Waals surface area contributed by atoms with Crippen molar-refractivity contribution >= 4 is 23.3 Å². The number of aromatic amines is 1. The fourth-order valence-electron chi connectivity index (χ4n) is 3.66. The third kappa shape index (κ3) is 6.02. The van der Waals surface area contributed by atoms with Crippen molar-refractivity contribution in [2.45, 2.75) is 40.5 Å². The zero-order valence-electron chi connectivity index (χ0n) is 19.5. The van der Waals surface area contributed by atoms with Crippen molar-refractivity contribution in [2.75, 3.05) is 13.1 Å². The second-order valence-electron chi connectivity index (χ2n) is 9.32. The van der Waals surface area contributed by atoms with E-state index in [4.69, 9.17) is 11.6 Å². The molecule has 7 heteroatoms. The van der Waals surface area contributed by atoms with E-state index in [1.807, 2.05) is 58.0 Å². The van der Waals surface area contributed by atoms with E-state index < -0.39 is 11.3 Å². The molecule has 0 radical (unpaired) electrons. The lowest BCUT2D eigenvalue weighted by molar-refractivity contribution is -0.132. The van der Waals surface area contributed by atoms with Crippen LogP contribution in [0.2, 0.25) is 5.02 Å². The van der Waals surface area contributed by atoms with Crippen LogP contribution in [-0.4, -0.2) is 39.5 Å². The Morgan fingerprint density at radius 2 is 1.67 bits per heavy atom. The third-order valence-electron chi connectivity index (χ3n) is 5.18. The van der Waals surface area contributed by atoms with Crippen LogP contribution >= 0.6 is 11.6 Å². The van der Waals surface area contributed by atoms with Crippen LogP contribution in [0.15, 0.2) is 59.4 Å². The zero-order chi connectivity index (χ0) is 24.2. The molecule has 3 aromatic rings. The highest BCUT2D eigenvalue weighted by atomic mass is 35.5. The van der Waals surface area contributed by atoms with Gasteiger partial charge in [-0.2, -0.15) is 0 Å². The zero-order valence-corrected chi connectivity index (χ0v) is 20.3. The summed E-state index contributed by atoms with van der Waals surface area (Å²) in [6.45, 7) is 8.23. The number of ketones is 1. The maximum absolute atomic E-state index is 13.5. The molecule has 1 N–H and O–H groups in total. The molecule has 1 heterocycles. The Bertz CT molecular complexity index is 1170. The second-order valence-corrected chi connectivity index (χ2v) is 9.76. The third-order valence-corrected chi connectivity index (χ3v) is 5.43. The molecule has 2 aromatic carbocycles. The smallest absolute Gasteiger partial charge is 0.282 e. The van der Waals surface area contributed by atoms with Crippen LogP contribution in [0.5, 0.6) is 0 Å². The molecular formula is C26H30ClN3O3. The Balaban J connectivity index is 2.04. The van der Waals surface area contributed by atoms with Crippen molar-refractivity contribution in [3.63, 3.8) is 0 Å². The van der Waals surface area contributed by atoms with Gasteiger partial charge >= 0.3 is 0 Å². The van der Waals surface area contributed by atoms with E-state index >= 15 is 0 Å². The van der Waals surface area contributed by atoms with Crippen LogP contribution in [0.4, 0.5) is 0 Å². The lowest BCUT2D eigenvalue weighted by Crippen LogP contribution is -2.39. The number of nitrogens with one attached hydrogen (secondary N) is 1. The molecule has 33 heavy (non-hydrogen) atoms. The molecule has 0 fully saturated rings. The van der Waals surface area contributed by atoms with Crippen LogP contribution in [0.25, 0.3) is 16.9 Å². The minimum Gasteiger partial charge on any atom is -0.335 e. The number of H-pyrrole nitrogens is 1. The monoisotopic (exact) mass is 467 g/mol. The number of halogens is 1. The van der Waals surface area contributed by atoms with Gasteiger partial charge in [0.1, 0.15) is 5.56 Å². The number of hydrogen-bond acceptors (Lipinski definition) is 3. The molecule has 0 aliphatic heterocycles. The van der Waals surface area contributed by atoms with Crippen molar-refractivity contribution < 1.29 is 9.59 Å². The van der Waals surface area contributed by atoms with Gasteiger partial charge in [-0.05, 0) is 36.1 Å². The Morgan fingerprint density at radius 1 is 1.03 bits per heavy atom. The summed E-state index contributed by atoms with van der Waals surface area (Å²) in [6.07, 6.45) is 1.05. The van der Waals surface area contributed by atoms with E-state index in [2.05, 4.69) is 5.10 Å². The Kier molecular flexibility index (Phi) is 7.59. The van der Waals surface area contributed by atoms with Gasteiger partial charge in [0.15, 0.2) is 5.78 Å². The number of rotatable bonds is 8. The largest absolute Gasteiger partial charge is 0.335 e. The first-order valence-corrected chi connectivity index (χ1v) is 11.5. The van der Waals surface area contributed by atoms with E-state index in [0.717, 1.165) is 6.42 Å². The summed E-state index contributed by atoms with van der Waals surface area (Å²) < 4.78 is 1.34. The van der Waals surface area contributed by atoms with E-state index in [1.54, 1.807) is 29.2 Å². The van der Waals surface area contributed by atoms with Crippen LogP contribution in [-0.2, 0) is 4.79 Å². The summed E-state index contributed by atoms with van der Waals surface area (Å²) >= 11 is 5.99. The van der Waals surface area contributed by atoms with E-state index in [0.29, 0.717) is 34.9 Å². The molecule has 174 valence electrons. The van der Waals surface area contributed by atoms with Gasteiger partial charge < -0.3 is 4.90 Å². The van der Waals surface area contributed by atoms with Gasteiger partial charge in [0.2, 0.25) is 5.91 Å². The SMILES string of the molecule is CCCN(CC(=O)c1c(-c2ccccc2)[nH]n(-c2ccc(Cl)cc2)c1=O)C(=O)CC(C)(C)C. The Morgan fingerprint density at radius 3 is 2.24 bits per heavy atom. The van der Waals surface area contributed by atoms with E-state index in [1.165, 1.54) is 4.68 Å². The highest BCUT2D eigenvalue weighted by molar-refractivity contribution is 6.30. The summed E-state index contributed by atoms with van der Waals surface area (Å²) in [4.78, 5) is 41.3. The predicted molar refractivity (Wildman–Crippen MR) is 132 cm³/mol. The summed E-state index contributed by atoms with van der Waals surface area (Å²) in [6, 6.07) is 16.0. The standard InChI is InChI=1S/C26H30ClN3O3/c1-5-15-29(22(32)16-26(2,3)4)17-21(31)23-24(18-9-7-6-8-10-18)28-30(25(23)33)20-13-11-19(27)12-14-20/h6-14,28H,5,15-17H2,1-4H3. The number of nitrogens with zero attached hydrogens (tertiary/aromatic N) is 2. The van der Waals surface area contributed by atoms with Gasteiger partial charge in [0, 0.05) is 23.6 Å². The molecule has 3 rings (SSSR count). The predicted octanol–water partition coefficient (Wildman–Crippen LogP) is 5.34. The normalized spacial score (nSPS) is 11.4. The Hall–Kier alpha value is -3.12. The molecule has 0 spiro atoms. The maximum Gasteiger partial charge on any atom is 0.282 e. The molecule has 0 saturated heterocycles. The van der Waals surface area contributed by atoms with Crippen LogP contribution < -0.4 is 5.56 Å². The quantitative estimate of drug-likeness (QED) is 0.454. The summed E-state index contributed by atoms with van der Waals surface area (Å²) in [5.41, 5.74) is 1.10. The summed E-state index contributed by atoms with van der Waals surface area (Å²) in [5.74, 6) is -0.481. The van der Waals surface area contributed by atoms with Gasteiger partial charge in [0.25, 0.3) is 5.56 Å². The summed E-state index contributed by atoms with van der Waals surface area (Å²) in [7, 11) is 0. The van der Waals surface area contributed by atoms with Crippen LogP contribution in [0.1, 0.15) is 50.9 Å². The molecule has 1 amide bonds. The fourth-order valence-corrected chi connectivity index (χ4v) is 3.79. The molecule has 0 aliphatic rings. The Labute approximate surface area is 199 Å². The topological polar surface area (TPSA) is 75.2 Å². The van der Waals surface area contributed by atoms with Gasteiger partial charge in [0.05, 0.1) is 17.9 Å². The fraction of sp³-hybridized carbons (Fsp3) is 0.346. The molecule has 0 unspecified atom stereocenters. The molecular weight excluding hydrogens is 438 g/mol. The lowest BCUT2D eigenvalue weighted by Gasteiger charge is -2.25. The average Bonchev–Trinajstić information content (AvgIpc) is 3.10. The van der Waals surface area contributed by atoms with Gasteiger partial charge in [-0.25, -0.2) is 4.68 Å². The van der Waals surface area contributed by atoms with E-state index in [-0.39, 0.29) is 23.4 Å². The molecule has 6 nitrogen and oxygen atoms in total. The van der Waals surface area contributed by atoms with Crippen molar-refractivity contribution in [2.24, 2.45) is 5.41 Å². The number of carbonyl (C=O) groups is 2. The van der Waals surface area contributed by atoms with Gasteiger partial charge in [-0.3, -0.25) is 19.5 Å². The summed E-state index contributed by atoms with van der Waals surface area (Å²) in [5, 5.41) is 3.64. The lowest BCUT2D eigenvalue weighted by atomic mass is 9.91. The molecule has 0 atom stereocenters. The number of aromatic nitrogens is 2. The molecule has 0 bridgehead atoms. The second kappa shape index (κ2) is 10.2. The highest BCUT2D eigenvalue weighted by Crippen LogP contribution is 2.23. The number of benzene rings is 2. The van der Waals surface area contributed by atoms with Crippen molar-refractivity contribution in [3.8, 4) is 16.9 Å². The number of Topliss-reactive ketones (excluding diaryl/α,β-unsaturated/α-hetero) is 1. The molecule has 1 aromatic heterocycles. The van der Waals surface area contributed by atoms with Crippen LogP contribution in [0.3, 0.4) is 0 Å². The van der Waals surface area contributed by atoms with Crippen LogP contribution in [0, 0.1) is 5.41 Å². The first-order valence-electron chi connectivity index (χ1n) is 11.1. The van der Waals surface area contributed by atoms with Gasteiger partial charge in [-0.1, -0.05) is 69.6 Å². The average molecular weight is 468 g/mol. The van der Waals surface area contributed by atoms with Crippen molar-refractivity contribution in [1.29, 1.82) is 0 Å². The van der Waals surface area contributed by atoms with Gasteiger partial charge in [-0.15, -0.1) is 0 Å². The molecule has 0 aliphatic carbocycles. The van der Waals surface area contributed by atoms with Crippen molar-refractivity contribution in [1.82, 2.24) is 14.7 Å². The first kappa shape index (κ1) is 24.5. The van der Waals surface area contributed by atoms with E-state index in [9.17, 15) is 14.4 Å². The number of carbonyl (C=O) groups excluding carboxylic acids is 2. The number of amides is 1. The first-order chi connectivity index (χ1) is 15.6. The minimum atomic E-state index is -0.458. The highest BCUT2D eigenvalue weighted by Gasteiger charge is 2.27. The molecule has 0 saturated carbocycles. The maximum atomic E-state index is 13.5. The minimum absolute atomic E-state index is 0.0424. The number of hydrogen-bond donors (Lipinski definition) is 1.